The topological polar surface area (TPSA) is 43.8 Å². The average molecular weight is 153 g/mol. The van der Waals surface area contributed by atoms with E-state index in [0.29, 0.717) is 5.92 Å². The predicted octanol–water partition coefficient (Wildman–Crippen LogP) is 1.08. The van der Waals surface area contributed by atoms with Gasteiger partial charge in [0.15, 0.2) is 0 Å². The van der Waals surface area contributed by atoms with Gasteiger partial charge in [-0.25, -0.2) is 4.98 Å². The summed E-state index contributed by atoms with van der Waals surface area (Å²) >= 11 is 0. The maximum Gasteiger partial charge on any atom is 0.125 e. The number of aryl methyl sites for hydroxylation is 1. The molecule has 0 aliphatic carbocycles. The Morgan fingerprint density at radius 3 is 2.55 bits per heavy atom. The third-order valence-electron chi connectivity index (χ3n) is 1.87. The lowest BCUT2D eigenvalue weighted by molar-refractivity contribution is 0.478. The van der Waals surface area contributed by atoms with Crippen LogP contribution in [0.2, 0.25) is 0 Å². The van der Waals surface area contributed by atoms with Gasteiger partial charge in [0, 0.05) is 19.4 Å². The van der Waals surface area contributed by atoms with Crippen LogP contribution in [0.3, 0.4) is 0 Å². The lowest BCUT2D eigenvalue weighted by Gasteiger charge is -2.14. The van der Waals surface area contributed by atoms with Crippen molar-refractivity contribution in [3.8, 4) is 0 Å². The molecule has 0 aliphatic rings. The molecule has 1 unspecified atom stereocenters. The molecular formula is C8H15N3. The van der Waals surface area contributed by atoms with Crippen LogP contribution in [0, 0.1) is 5.92 Å². The Labute approximate surface area is 67.2 Å². The van der Waals surface area contributed by atoms with Crippen LogP contribution in [0.4, 0.5) is 0 Å². The van der Waals surface area contributed by atoms with E-state index in [1.54, 1.807) is 6.20 Å². The van der Waals surface area contributed by atoms with E-state index in [1.807, 2.05) is 17.8 Å². The fourth-order valence-electron chi connectivity index (χ4n) is 0.996. The first-order chi connectivity index (χ1) is 5.13. The Kier molecular flexibility index (Phi) is 2.29. The van der Waals surface area contributed by atoms with Crippen molar-refractivity contribution in [3.05, 3.63) is 18.2 Å². The van der Waals surface area contributed by atoms with Gasteiger partial charge < -0.3 is 10.3 Å². The molecule has 0 saturated heterocycles. The lowest BCUT2D eigenvalue weighted by atomic mass is 10.1. The fourth-order valence-corrected chi connectivity index (χ4v) is 0.996. The highest BCUT2D eigenvalue weighted by Gasteiger charge is 2.13. The van der Waals surface area contributed by atoms with E-state index in [2.05, 4.69) is 18.8 Å². The molecule has 0 fully saturated rings. The molecule has 0 saturated carbocycles. The third kappa shape index (κ3) is 1.60. The molecule has 0 aliphatic heterocycles. The Hall–Kier alpha value is -0.830. The molecule has 62 valence electrons. The van der Waals surface area contributed by atoms with Crippen molar-refractivity contribution in [1.82, 2.24) is 9.55 Å². The molecule has 0 radical (unpaired) electrons. The van der Waals surface area contributed by atoms with Gasteiger partial charge in [0.25, 0.3) is 0 Å². The van der Waals surface area contributed by atoms with Crippen LogP contribution in [0.1, 0.15) is 25.7 Å². The summed E-state index contributed by atoms with van der Waals surface area (Å²) in [5.41, 5.74) is 5.90. The Bertz CT molecular complexity index is 227. The summed E-state index contributed by atoms with van der Waals surface area (Å²) in [6.07, 6.45) is 3.69. The summed E-state index contributed by atoms with van der Waals surface area (Å²) in [6, 6.07) is 0.0509. The van der Waals surface area contributed by atoms with Gasteiger partial charge in [-0.05, 0) is 5.92 Å². The molecule has 0 bridgehead atoms. The van der Waals surface area contributed by atoms with Crippen molar-refractivity contribution in [2.24, 2.45) is 18.7 Å². The third-order valence-corrected chi connectivity index (χ3v) is 1.87. The number of nitrogens with zero attached hydrogens (tertiary/aromatic N) is 2. The minimum absolute atomic E-state index is 0.0509. The maximum atomic E-state index is 5.90. The molecule has 0 amide bonds. The van der Waals surface area contributed by atoms with E-state index in [0.717, 1.165) is 5.82 Å². The summed E-state index contributed by atoms with van der Waals surface area (Å²) in [7, 11) is 1.96. The maximum absolute atomic E-state index is 5.90. The normalized spacial score (nSPS) is 13.9. The molecule has 0 aromatic carbocycles. The van der Waals surface area contributed by atoms with Crippen LogP contribution >= 0.6 is 0 Å². The van der Waals surface area contributed by atoms with Gasteiger partial charge in [0.2, 0.25) is 0 Å². The van der Waals surface area contributed by atoms with E-state index in [4.69, 9.17) is 5.73 Å². The van der Waals surface area contributed by atoms with Gasteiger partial charge >= 0.3 is 0 Å². The Balaban J connectivity index is 2.84. The predicted molar refractivity (Wildman–Crippen MR) is 45.0 cm³/mol. The second-order valence-electron chi connectivity index (χ2n) is 3.17. The zero-order valence-corrected chi connectivity index (χ0v) is 7.28. The van der Waals surface area contributed by atoms with Gasteiger partial charge in [-0.1, -0.05) is 13.8 Å². The number of nitrogens with two attached hydrogens (primary N) is 1. The van der Waals surface area contributed by atoms with Gasteiger partial charge in [0.1, 0.15) is 5.82 Å². The van der Waals surface area contributed by atoms with Crippen LogP contribution in [0.5, 0.6) is 0 Å². The van der Waals surface area contributed by atoms with Crippen LogP contribution in [0.25, 0.3) is 0 Å². The molecule has 1 heterocycles. The van der Waals surface area contributed by atoms with Crippen molar-refractivity contribution in [1.29, 1.82) is 0 Å². The molecule has 2 N–H and O–H groups in total. The van der Waals surface area contributed by atoms with Crippen molar-refractivity contribution in [2.75, 3.05) is 0 Å². The van der Waals surface area contributed by atoms with Crippen molar-refractivity contribution < 1.29 is 0 Å². The molecule has 1 atom stereocenters. The quantitative estimate of drug-likeness (QED) is 0.690. The van der Waals surface area contributed by atoms with E-state index in [9.17, 15) is 0 Å². The first kappa shape index (κ1) is 8.27. The minimum Gasteiger partial charge on any atom is -0.337 e. The minimum atomic E-state index is 0.0509. The molecule has 1 aromatic heterocycles. The van der Waals surface area contributed by atoms with Crippen molar-refractivity contribution >= 4 is 0 Å². The number of hydrogen-bond donors (Lipinski definition) is 1. The van der Waals surface area contributed by atoms with E-state index in [1.165, 1.54) is 0 Å². The molecular weight excluding hydrogens is 138 g/mol. The molecule has 1 aromatic rings. The highest BCUT2D eigenvalue weighted by molar-refractivity contribution is 4.98. The first-order valence-electron chi connectivity index (χ1n) is 3.85. The van der Waals surface area contributed by atoms with E-state index >= 15 is 0 Å². The average Bonchev–Trinajstić information content (AvgIpc) is 2.33. The highest BCUT2D eigenvalue weighted by atomic mass is 15.1. The van der Waals surface area contributed by atoms with Crippen molar-refractivity contribution in [3.63, 3.8) is 0 Å². The summed E-state index contributed by atoms with van der Waals surface area (Å²) in [6.45, 7) is 4.19. The zero-order valence-electron chi connectivity index (χ0n) is 7.28. The van der Waals surface area contributed by atoms with Crippen LogP contribution in [-0.2, 0) is 7.05 Å². The Morgan fingerprint density at radius 2 is 2.18 bits per heavy atom. The molecule has 3 heteroatoms. The van der Waals surface area contributed by atoms with Crippen molar-refractivity contribution in [2.45, 2.75) is 19.9 Å². The van der Waals surface area contributed by atoms with Crippen LogP contribution in [-0.4, -0.2) is 9.55 Å². The smallest absolute Gasteiger partial charge is 0.125 e. The number of hydrogen-bond acceptors (Lipinski definition) is 2. The summed E-state index contributed by atoms with van der Waals surface area (Å²) in [5.74, 6) is 1.40. The van der Waals surface area contributed by atoms with Crippen LogP contribution in [0.15, 0.2) is 12.4 Å². The molecule has 1 rings (SSSR count). The lowest BCUT2D eigenvalue weighted by Crippen LogP contribution is -2.20. The second-order valence-corrected chi connectivity index (χ2v) is 3.17. The Morgan fingerprint density at radius 1 is 1.55 bits per heavy atom. The van der Waals surface area contributed by atoms with Gasteiger partial charge in [-0.2, -0.15) is 0 Å². The van der Waals surface area contributed by atoms with E-state index in [-0.39, 0.29) is 6.04 Å². The van der Waals surface area contributed by atoms with Gasteiger partial charge in [-0.3, -0.25) is 0 Å². The largest absolute Gasteiger partial charge is 0.337 e. The van der Waals surface area contributed by atoms with Gasteiger partial charge in [0.05, 0.1) is 6.04 Å². The first-order valence-corrected chi connectivity index (χ1v) is 3.85. The fraction of sp³-hybridized carbons (Fsp3) is 0.625. The second kappa shape index (κ2) is 3.05. The number of aromatic nitrogens is 2. The number of rotatable bonds is 2. The summed E-state index contributed by atoms with van der Waals surface area (Å²) in [4.78, 5) is 4.17. The SMILES string of the molecule is CC(C)C(N)c1nccn1C. The highest BCUT2D eigenvalue weighted by Crippen LogP contribution is 2.15. The number of imidazole rings is 1. The van der Waals surface area contributed by atoms with E-state index < -0.39 is 0 Å². The molecule has 11 heavy (non-hydrogen) atoms. The van der Waals surface area contributed by atoms with Crippen LogP contribution < -0.4 is 5.73 Å². The monoisotopic (exact) mass is 153 g/mol. The summed E-state index contributed by atoms with van der Waals surface area (Å²) in [5, 5.41) is 0. The summed E-state index contributed by atoms with van der Waals surface area (Å²) < 4.78 is 1.96. The van der Waals surface area contributed by atoms with Gasteiger partial charge in [-0.15, -0.1) is 0 Å². The standard InChI is InChI=1S/C8H15N3/c1-6(2)7(9)8-10-4-5-11(8)3/h4-7H,9H2,1-3H3. The molecule has 3 nitrogen and oxygen atoms in total. The molecule has 0 spiro atoms. The zero-order chi connectivity index (χ0) is 8.43.